The van der Waals surface area contributed by atoms with Crippen molar-refractivity contribution < 1.29 is 9.53 Å². The monoisotopic (exact) mass is 373 g/mol. The summed E-state index contributed by atoms with van der Waals surface area (Å²) in [6.07, 6.45) is 1.69. The molecule has 0 atom stereocenters. The Morgan fingerprint density at radius 2 is 1.88 bits per heavy atom. The summed E-state index contributed by atoms with van der Waals surface area (Å²) >= 11 is 13.8. The second-order valence-electron chi connectivity index (χ2n) is 5.13. The van der Waals surface area contributed by atoms with Crippen molar-refractivity contribution in [1.29, 1.82) is 0 Å². The number of halogens is 2. The van der Waals surface area contributed by atoms with Crippen molar-refractivity contribution in [3.05, 3.63) is 74.7 Å². The van der Waals surface area contributed by atoms with Crippen molar-refractivity contribution in [3.8, 4) is 0 Å². The summed E-state index contributed by atoms with van der Waals surface area (Å²) in [6.45, 7) is 0. The van der Waals surface area contributed by atoms with Crippen molar-refractivity contribution in [3.63, 3.8) is 0 Å². The van der Waals surface area contributed by atoms with Crippen LogP contribution in [0.1, 0.15) is 10.4 Å². The highest BCUT2D eigenvalue weighted by Gasteiger charge is 2.27. The van der Waals surface area contributed by atoms with Gasteiger partial charge in [-0.2, -0.15) is 0 Å². The van der Waals surface area contributed by atoms with E-state index in [1.165, 1.54) is 11.3 Å². The molecule has 3 aromatic rings. The molecule has 1 aliphatic heterocycles. The highest BCUT2D eigenvalue weighted by molar-refractivity contribution is 7.21. The Labute approximate surface area is 151 Å². The van der Waals surface area contributed by atoms with Crippen LogP contribution in [0, 0.1) is 0 Å². The molecule has 1 aliphatic rings. The zero-order valence-corrected chi connectivity index (χ0v) is 14.5. The van der Waals surface area contributed by atoms with Crippen LogP contribution in [0.2, 0.25) is 10.0 Å². The van der Waals surface area contributed by atoms with E-state index >= 15 is 0 Å². The third kappa shape index (κ3) is 2.73. The van der Waals surface area contributed by atoms with E-state index in [1.54, 1.807) is 12.1 Å². The van der Waals surface area contributed by atoms with Crippen LogP contribution in [0.3, 0.4) is 0 Å². The highest BCUT2D eigenvalue weighted by atomic mass is 35.5. The van der Waals surface area contributed by atoms with Crippen LogP contribution in [0.15, 0.2) is 59.2 Å². The Kier molecular flexibility index (Phi) is 3.88. The first kappa shape index (κ1) is 15.4. The van der Waals surface area contributed by atoms with Crippen molar-refractivity contribution in [2.45, 2.75) is 0 Å². The third-order valence-corrected chi connectivity index (χ3v) is 5.39. The van der Waals surface area contributed by atoms with Gasteiger partial charge in [-0.15, -0.1) is 11.3 Å². The maximum atomic E-state index is 12.1. The molecule has 4 rings (SSSR count). The molecule has 0 radical (unpaired) electrons. The minimum atomic E-state index is -0.486. The smallest absolute Gasteiger partial charge is 0.363 e. The van der Waals surface area contributed by atoms with E-state index in [1.807, 2.05) is 42.5 Å². The quantitative estimate of drug-likeness (QED) is 0.436. The SMILES string of the molecule is O=C1OC(c2sc3cc(Cl)ccc3c2Cl)=N/C1=C/c1ccccc1. The first-order chi connectivity index (χ1) is 11.6. The number of carbonyl (C=O) groups is 1. The minimum absolute atomic E-state index is 0.226. The number of esters is 1. The number of benzene rings is 2. The molecule has 0 aliphatic carbocycles. The largest absolute Gasteiger partial charge is 0.401 e. The second-order valence-corrected chi connectivity index (χ2v) is 7.00. The molecule has 0 saturated carbocycles. The van der Waals surface area contributed by atoms with E-state index in [0.29, 0.717) is 14.9 Å². The fourth-order valence-electron chi connectivity index (χ4n) is 2.39. The molecule has 3 nitrogen and oxygen atoms in total. The highest BCUT2D eigenvalue weighted by Crippen LogP contribution is 2.38. The molecule has 0 unspecified atom stereocenters. The molecular weight excluding hydrogens is 365 g/mol. The average Bonchev–Trinajstić information content (AvgIpc) is 3.09. The summed E-state index contributed by atoms with van der Waals surface area (Å²) in [5, 5.41) is 2.00. The Balaban J connectivity index is 1.78. The van der Waals surface area contributed by atoms with Gasteiger partial charge in [0.2, 0.25) is 5.90 Å². The fourth-order valence-corrected chi connectivity index (χ4v) is 4.10. The maximum absolute atomic E-state index is 12.1. The van der Waals surface area contributed by atoms with Gasteiger partial charge in [0.15, 0.2) is 5.70 Å². The van der Waals surface area contributed by atoms with Gasteiger partial charge in [0.25, 0.3) is 0 Å². The second kappa shape index (κ2) is 6.06. The van der Waals surface area contributed by atoms with Gasteiger partial charge in [-0.25, -0.2) is 9.79 Å². The normalized spacial score (nSPS) is 15.8. The summed E-state index contributed by atoms with van der Waals surface area (Å²) < 4.78 is 6.23. The fraction of sp³-hybridized carbons (Fsp3) is 0. The first-order valence-corrected chi connectivity index (χ1v) is 8.64. The van der Waals surface area contributed by atoms with Gasteiger partial charge in [-0.05, 0) is 23.8 Å². The molecule has 6 heteroatoms. The Hall–Kier alpha value is -2.14. The van der Waals surface area contributed by atoms with Crippen molar-refractivity contribution in [2.75, 3.05) is 0 Å². The lowest BCUT2D eigenvalue weighted by molar-refractivity contribution is -0.129. The zero-order valence-electron chi connectivity index (χ0n) is 12.1. The third-order valence-electron chi connectivity index (χ3n) is 3.51. The molecule has 2 aromatic carbocycles. The lowest BCUT2D eigenvalue weighted by atomic mass is 10.2. The molecular formula is C18H9Cl2NO2S. The summed E-state index contributed by atoms with van der Waals surface area (Å²) in [6, 6.07) is 14.9. The molecule has 0 saturated heterocycles. The zero-order chi connectivity index (χ0) is 16.7. The predicted molar refractivity (Wildman–Crippen MR) is 98.9 cm³/mol. The van der Waals surface area contributed by atoms with Crippen LogP contribution in [-0.2, 0) is 9.53 Å². The molecule has 0 spiro atoms. The van der Waals surface area contributed by atoms with Crippen LogP contribution in [0.5, 0.6) is 0 Å². The van der Waals surface area contributed by atoms with Crippen LogP contribution in [0.25, 0.3) is 16.2 Å². The van der Waals surface area contributed by atoms with E-state index in [-0.39, 0.29) is 11.6 Å². The predicted octanol–water partition coefficient (Wildman–Crippen LogP) is 5.55. The lowest BCUT2D eigenvalue weighted by Gasteiger charge is -1.95. The van der Waals surface area contributed by atoms with Crippen molar-refractivity contribution in [2.24, 2.45) is 4.99 Å². The molecule has 118 valence electrons. The molecule has 0 fully saturated rings. The number of hydrogen-bond donors (Lipinski definition) is 0. The number of cyclic esters (lactones) is 1. The summed E-state index contributed by atoms with van der Waals surface area (Å²) in [5.41, 5.74) is 1.13. The summed E-state index contributed by atoms with van der Waals surface area (Å²) in [5.74, 6) is -0.259. The van der Waals surface area contributed by atoms with E-state index in [0.717, 1.165) is 15.6 Å². The van der Waals surface area contributed by atoms with E-state index in [2.05, 4.69) is 4.99 Å². The molecule has 0 N–H and O–H groups in total. The van der Waals surface area contributed by atoms with Gasteiger partial charge in [0.1, 0.15) is 4.88 Å². The van der Waals surface area contributed by atoms with Gasteiger partial charge in [0.05, 0.1) is 5.02 Å². The molecule has 2 heterocycles. The summed E-state index contributed by atoms with van der Waals surface area (Å²) in [7, 11) is 0. The average molecular weight is 374 g/mol. The number of fused-ring (bicyclic) bond motifs is 1. The van der Waals surface area contributed by atoms with E-state index in [4.69, 9.17) is 27.9 Å². The van der Waals surface area contributed by atoms with E-state index < -0.39 is 5.97 Å². The topological polar surface area (TPSA) is 38.7 Å². The first-order valence-electron chi connectivity index (χ1n) is 7.07. The van der Waals surface area contributed by atoms with Gasteiger partial charge >= 0.3 is 5.97 Å². The molecule has 0 amide bonds. The van der Waals surface area contributed by atoms with Crippen LogP contribution in [-0.4, -0.2) is 11.9 Å². The van der Waals surface area contributed by atoms with Gasteiger partial charge in [0, 0.05) is 15.1 Å². The maximum Gasteiger partial charge on any atom is 0.363 e. The number of thiophene rings is 1. The van der Waals surface area contributed by atoms with Crippen molar-refractivity contribution in [1.82, 2.24) is 0 Å². The number of aliphatic imine (C=N–C) groups is 1. The lowest BCUT2D eigenvalue weighted by Crippen LogP contribution is -2.04. The molecule has 24 heavy (non-hydrogen) atoms. The number of hydrogen-bond acceptors (Lipinski definition) is 4. The Morgan fingerprint density at radius 1 is 1.08 bits per heavy atom. The standard InChI is InChI=1S/C18H9Cl2NO2S/c19-11-6-7-12-14(9-11)24-16(15(12)20)17-21-13(18(22)23-17)8-10-4-2-1-3-5-10/h1-9H/b13-8+. The minimum Gasteiger partial charge on any atom is -0.401 e. The van der Waals surface area contributed by atoms with Gasteiger partial charge in [-0.3, -0.25) is 0 Å². The Morgan fingerprint density at radius 3 is 2.67 bits per heavy atom. The molecule has 1 aromatic heterocycles. The Bertz CT molecular complexity index is 1020. The van der Waals surface area contributed by atoms with Crippen molar-refractivity contribution >= 4 is 62.6 Å². The van der Waals surface area contributed by atoms with Crippen LogP contribution in [0.4, 0.5) is 0 Å². The number of rotatable bonds is 2. The summed E-state index contributed by atoms with van der Waals surface area (Å²) in [4.78, 5) is 17.0. The number of nitrogens with zero attached hydrogens (tertiary/aromatic N) is 1. The number of carbonyl (C=O) groups excluding carboxylic acids is 1. The van der Waals surface area contributed by atoms with Crippen LogP contribution < -0.4 is 0 Å². The number of ether oxygens (including phenoxy) is 1. The van der Waals surface area contributed by atoms with Gasteiger partial charge in [-0.1, -0.05) is 59.6 Å². The van der Waals surface area contributed by atoms with Crippen LogP contribution >= 0.6 is 34.5 Å². The molecule has 0 bridgehead atoms. The van der Waals surface area contributed by atoms with E-state index in [9.17, 15) is 4.79 Å². The van der Waals surface area contributed by atoms with Gasteiger partial charge < -0.3 is 4.74 Å².